The molecule has 0 aromatic carbocycles. The lowest BCUT2D eigenvalue weighted by Gasteiger charge is -2.22. The minimum Gasteiger partial charge on any atom is -0.396 e. The summed E-state index contributed by atoms with van der Waals surface area (Å²) < 4.78 is 53.1. The lowest BCUT2D eigenvalue weighted by molar-refractivity contribution is 0.0928. The maximum atomic E-state index is 13.1. The van der Waals surface area contributed by atoms with Crippen LogP contribution in [0, 0.1) is 0 Å². The average molecular weight is 431 g/mol. The zero-order valence-corrected chi connectivity index (χ0v) is 17.1. The Labute approximate surface area is 173 Å². The smallest absolute Gasteiger partial charge is 0.280 e. The fourth-order valence-corrected chi connectivity index (χ4v) is 3.45. The number of amides is 1. The molecule has 9 heteroatoms. The van der Waals surface area contributed by atoms with Crippen LogP contribution in [0.15, 0.2) is 18.3 Å². The first-order chi connectivity index (χ1) is 14.4. The van der Waals surface area contributed by atoms with Crippen molar-refractivity contribution in [3.8, 4) is 0 Å². The number of unbranched alkanes of at least 4 members (excludes halogenated alkanes) is 2. The van der Waals surface area contributed by atoms with E-state index in [1.807, 2.05) is 0 Å². The second-order valence-corrected chi connectivity index (χ2v) is 7.37. The van der Waals surface area contributed by atoms with Gasteiger partial charge in [0.05, 0.1) is 11.3 Å². The number of aliphatic hydroxyl groups is 1. The molecule has 1 aliphatic rings. The number of aromatic nitrogens is 2. The minimum absolute atomic E-state index is 0.0223. The predicted octanol–water partition coefficient (Wildman–Crippen LogP) is 5.44. The van der Waals surface area contributed by atoms with E-state index in [4.69, 9.17) is 5.11 Å². The van der Waals surface area contributed by atoms with Crippen LogP contribution < -0.4 is 5.32 Å². The van der Waals surface area contributed by atoms with Gasteiger partial charge in [-0.1, -0.05) is 39.0 Å². The second kappa shape index (κ2) is 11.9. The number of nitrogens with one attached hydrogen (secondary N) is 1. The molecule has 2 N–H and O–H groups in total. The van der Waals surface area contributed by atoms with Gasteiger partial charge in [-0.25, -0.2) is 22.5 Å². The van der Waals surface area contributed by atoms with Crippen molar-refractivity contribution in [1.29, 1.82) is 0 Å². The molecule has 2 heterocycles. The SMILES string of the molecule is CCCCCO.O=C(NC1CCCCC1)c1ccn2c(C(F)F)cc(C(F)F)nc12. The highest BCUT2D eigenvalue weighted by Crippen LogP contribution is 2.27. The van der Waals surface area contributed by atoms with E-state index in [0.29, 0.717) is 12.7 Å². The molecule has 0 aliphatic heterocycles. The van der Waals surface area contributed by atoms with Crippen LogP contribution in [-0.4, -0.2) is 33.0 Å². The standard InChI is InChI=1S/C16H17F4N3O.C5H12O/c17-13(18)11-8-12(14(19)20)23-7-6-10(15(23)22-11)16(24)21-9-4-2-1-3-5-9;1-2-3-4-5-6/h6-9,13-14H,1-5H2,(H,21,24);6H,2-5H2,1H3. The predicted molar refractivity (Wildman–Crippen MR) is 106 cm³/mol. The van der Waals surface area contributed by atoms with Crippen molar-refractivity contribution in [3.05, 3.63) is 35.3 Å². The molecular formula is C21H29F4N3O2. The molecule has 0 bridgehead atoms. The minimum atomic E-state index is -2.99. The summed E-state index contributed by atoms with van der Waals surface area (Å²) in [6, 6.07) is 2.03. The summed E-state index contributed by atoms with van der Waals surface area (Å²) in [6.07, 6.45) is 3.52. The van der Waals surface area contributed by atoms with Crippen LogP contribution in [0.3, 0.4) is 0 Å². The summed E-state index contributed by atoms with van der Waals surface area (Å²) in [5, 5.41) is 11.0. The number of hydrogen-bond acceptors (Lipinski definition) is 3. The van der Waals surface area contributed by atoms with Crippen molar-refractivity contribution < 1.29 is 27.5 Å². The Morgan fingerprint density at radius 1 is 1.20 bits per heavy atom. The van der Waals surface area contributed by atoms with Crippen molar-refractivity contribution in [2.24, 2.45) is 0 Å². The fourth-order valence-electron chi connectivity index (χ4n) is 3.45. The lowest BCUT2D eigenvalue weighted by Crippen LogP contribution is -2.36. The third-order valence-corrected chi connectivity index (χ3v) is 5.06. The first-order valence-corrected chi connectivity index (χ1v) is 10.4. The number of fused-ring (bicyclic) bond motifs is 1. The van der Waals surface area contributed by atoms with Crippen LogP contribution in [-0.2, 0) is 0 Å². The lowest BCUT2D eigenvalue weighted by atomic mass is 9.95. The molecule has 3 rings (SSSR count). The van der Waals surface area contributed by atoms with Gasteiger partial charge in [-0.2, -0.15) is 0 Å². The van der Waals surface area contributed by atoms with Gasteiger partial charge >= 0.3 is 0 Å². The molecule has 0 saturated heterocycles. The average Bonchev–Trinajstić information content (AvgIpc) is 3.16. The Kier molecular flexibility index (Phi) is 9.55. The van der Waals surface area contributed by atoms with Crippen molar-refractivity contribution >= 4 is 11.6 Å². The highest BCUT2D eigenvalue weighted by Gasteiger charge is 2.24. The number of aliphatic hydroxyl groups excluding tert-OH is 1. The zero-order valence-electron chi connectivity index (χ0n) is 17.1. The molecule has 5 nitrogen and oxygen atoms in total. The van der Waals surface area contributed by atoms with Crippen molar-refractivity contribution in [2.75, 3.05) is 6.61 Å². The second-order valence-electron chi connectivity index (χ2n) is 7.37. The molecule has 1 amide bonds. The number of nitrogens with zero attached hydrogens (tertiary/aromatic N) is 2. The molecule has 1 saturated carbocycles. The van der Waals surface area contributed by atoms with E-state index >= 15 is 0 Å². The van der Waals surface area contributed by atoms with Crippen molar-refractivity contribution in [3.63, 3.8) is 0 Å². The summed E-state index contributed by atoms with van der Waals surface area (Å²) in [4.78, 5) is 16.1. The van der Waals surface area contributed by atoms with E-state index < -0.39 is 30.1 Å². The number of alkyl halides is 4. The maximum absolute atomic E-state index is 13.1. The molecule has 168 valence electrons. The largest absolute Gasteiger partial charge is 0.396 e. The molecule has 30 heavy (non-hydrogen) atoms. The fraction of sp³-hybridized carbons (Fsp3) is 0.619. The maximum Gasteiger partial charge on any atom is 0.280 e. The van der Waals surface area contributed by atoms with E-state index in [-0.39, 0.29) is 17.3 Å². The number of carbonyl (C=O) groups excluding carboxylic acids is 1. The van der Waals surface area contributed by atoms with Gasteiger partial charge in [-0.15, -0.1) is 0 Å². The topological polar surface area (TPSA) is 66.6 Å². The molecule has 0 atom stereocenters. The Morgan fingerprint density at radius 2 is 1.90 bits per heavy atom. The molecule has 1 aliphatic carbocycles. The Morgan fingerprint density at radius 3 is 2.43 bits per heavy atom. The van der Waals surface area contributed by atoms with Gasteiger partial charge in [0.25, 0.3) is 18.8 Å². The van der Waals surface area contributed by atoms with Gasteiger partial charge in [-0.3, -0.25) is 9.20 Å². The summed E-state index contributed by atoms with van der Waals surface area (Å²) in [6.45, 7) is 2.48. The van der Waals surface area contributed by atoms with Gasteiger partial charge in [0.2, 0.25) is 0 Å². The summed E-state index contributed by atoms with van der Waals surface area (Å²) >= 11 is 0. The van der Waals surface area contributed by atoms with E-state index in [1.165, 1.54) is 18.7 Å². The monoisotopic (exact) mass is 431 g/mol. The number of rotatable bonds is 7. The summed E-state index contributed by atoms with van der Waals surface area (Å²) in [7, 11) is 0. The first-order valence-electron chi connectivity index (χ1n) is 10.4. The van der Waals surface area contributed by atoms with Crippen LogP contribution in [0.1, 0.15) is 92.9 Å². The van der Waals surface area contributed by atoms with Crippen molar-refractivity contribution in [1.82, 2.24) is 14.7 Å². The Balaban J connectivity index is 0.000000469. The van der Waals surface area contributed by atoms with E-state index in [2.05, 4.69) is 17.2 Å². The third kappa shape index (κ3) is 6.42. The van der Waals surface area contributed by atoms with E-state index in [9.17, 15) is 22.4 Å². The van der Waals surface area contributed by atoms with Gasteiger partial charge < -0.3 is 10.4 Å². The molecule has 1 fully saturated rings. The van der Waals surface area contributed by atoms with Crippen LogP contribution in [0.25, 0.3) is 5.65 Å². The molecule has 2 aromatic rings. The van der Waals surface area contributed by atoms with Crippen LogP contribution in [0.4, 0.5) is 17.6 Å². The normalized spacial score (nSPS) is 14.8. The molecule has 0 unspecified atom stereocenters. The van der Waals surface area contributed by atoms with Gasteiger partial charge in [0.1, 0.15) is 11.3 Å². The van der Waals surface area contributed by atoms with Crippen LogP contribution in [0.2, 0.25) is 0 Å². The summed E-state index contributed by atoms with van der Waals surface area (Å²) in [5.41, 5.74) is -1.50. The molecular weight excluding hydrogens is 402 g/mol. The number of hydrogen-bond donors (Lipinski definition) is 2. The van der Waals surface area contributed by atoms with Gasteiger partial charge in [0.15, 0.2) is 0 Å². The highest BCUT2D eigenvalue weighted by molar-refractivity contribution is 6.00. The Bertz CT molecular complexity index is 801. The first kappa shape index (κ1) is 24.1. The number of carbonyl (C=O) groups is 1. The van der Waals surface area contributed by atoms with Gasteiger partial charge in [-0.05, 0) is 31.4 Å². The van der Waals surface area contributed by atoms with Crippen molar-refractivity contribution in [2.45, 2.75) is 77.2 Å². The third-order valence-electron chi connectivity index (χ3n) is 5.06. The molecule has 0 radical (unpaired) electrons. The summed E-state index contributed by atoms with van der Waals surface area (Å²) in [5.74, 6) is -0.469. The Hall–Kier alpha value is -2.16. The highest BCUT2D eigenvalue weighted by atomic mass is 19.3. The molecule has 0 spiro atoms. The quantitative estimate of drug-likeness (QED) is 0.453. The van der Waals surface area contributed by atoms with E-state index in [1.54, 1.807) is 0 Å². The van der Waals surface area contributed by atoms with Gasteiger partial charge in [0, 0.05) is 18.8 Å². The zero-order chi connectivity index (χ0) is 22.1. The van der Waals surface area contributed by atoms with Crippen LogP contribution >= 0.6 is 0 Å². The number of halogens is 4. The van der Waals surface area contributed by atoms with Crippen LogP contribution in [0.5, 0.6) is 0 Å². The molecule has 2 aromatic heterocycles. The van der Waals surface area contributed by atoms with E-state index in [0.717, 1.165) is 49.3 Å².